The van der Waals surface area contributed by atoms with E-state index in [1.54, 1.807) is 23.4 Å². The Hall–Kier alpha value is -4.01. The van der Waals surface area contributed by atoms with Crippen molar-refractivity contribution in [3.05, 3.63) is 78.9 Å². The zero-order valence-corrected chi connectivity index (χ0v) is 16.7. The highest BCUT2D eigenvalue weighted by molar-refractivity contribution is 5.94. The molecule has 0 N–H and O–H groups in total. The molecule has 1 saturated heterocycles. The quantitative estimate of drug-likeness (QED) is 0.507. The van der Waals surface area contributed by atoms with Gasteiger partial charge in [-0.15, -0.1) is 5.10 Å². The average molecular weight is 412 g/mol. The van der Waals surface area contributed by atoms with Gasteiger partial charge in [0.25, 0.3) is 5.91 Å². The number of aromatic nitrogens is 7. The maximum Gasteiger partial charge on any atom is 0.253 e. The number of pyridine rings is 1. The summed E-state index contributed by atoms with van der Waals surface area (Å²) in [7, 11) is 0. The molecule has 3 aromatic heterocycles. The molecule has 0 radical (unpaired) electrons. The Labute approximate surface area is 178 Å². The summed E-state index contributed by atoms with van der Waals surface area (Å²) >= 11 is 0. The van der Waals surface area contributed by atoms with E-state index in [1.165, 1.54) is 6.33 Å². The molecule has 0 saturated carbocycles. The molecule has 0 aliphatic carbocycles. The summed E-state index contributed by atoms with van der Waals surface area (Å²) in [5.74, 6) is 0.178. The van der Waals surface area contributed by atoms with Crippen LogP contribution in [-0.4, -0.2) is 59.1 Å². The fraction of sp³-hybridized carbons (Fsp3) is 0.227. The van der Waals surface area contributed by atoms with Gasteiger partial charge in [0.05, 0.1) is 11.4 Å². The Bertz CT molecular complexity index is 1160. The molecule has 0 bridgehead atoms. The third kappa shape index (κ3) is 3.89. The zero-order chi connectivity index (χ0) is 21.0. The molecule has 4 heterocycles. The van der Waals surface area contributed by atoms with E-state index in [9.17, 15) is 4.79 Å². The Kier molecular flexibility index (Phi) is 5.14. The SMILES string of the molecule is O=C(c1ccc(-n2cnnn2)cc1)N1CCC[C@H](c2ncncc2-c2ccncc2)C1. The lowest BCUT2D eigenvalue weighted by atomic mass is 9.90. The second kappa shape index (κ2) is 8.39. The van der Waals surface area contributed by atoms with Crippen molar-refractivity contribution in [3.63, 3.8) is 0 Å². The van der Waals surface area contributed by atoms with Crippen LogP contribution in [0.15, 0.2) is 67.6 Å². The van der Waals surface area contributed by atoms with E-state index in [0.29, 0.717) is 12.1 Å². The number of carbonyl (C=O) groups is 1. The van der Waals surface area contributed by atoms with Gasteiger partial charge in [-0.3, -0.25) is 9.78 Å². The van der Waals surface area contributed by atoms with E-state index in [-0.39, 0.29) is 11.8 Å². The van der Waals surface area contributed by atoms with E-state index < -0.39 is 0 Å². The van der Waals surface area contributed by atoms with Crippen molar-refractivity contribution in [3.8, 4) is 16.8 Å². The van der Waals surface area contributed by atoms with Gasteiger partial charge >= 0.3 is 0 Å². The molecular weight excluding hydrogens is 392 g/mol. The summed E-state index contributed by atoms with van der Waals surface area (Å²) in [4.78, 5) is 28.0. The smallest absolute Gasteiger partial charge is 0.253 e. The Morgan fingerprint density at radius 1 is 1.03 bits per heavy atom. The number of carbonyl (C=O) groups excluding carboxylic acids is 1. The van der Waals surface area contributed by atoms with Crippen molar-refractivity contribution in [1.82, 2.24) is 40.1 Å². The monoisotopic (exact) mass is 412 g/mol. The van der Waals surface area contributed by atoms with Crippen LogP contribution in [0.2, 0.25) is 0 Å². The topological polar surface area (TPSA) is 103 Å². The summed E-state index contributed by atoms with van der Waals surface area (Å²) in [5.41, 5.74) is 4.46. The fourth-order valence-electron chi connectivity index (χ4n) is 4.02. The predicted molar refractivity (Wildman–Crippen MR) is 112 cm³/mol. The highest BCUT2D eigenvalue weighted by Crippen LogP contribution is 2.32. The summed E-state index contributed by atoms with van der Waals surface area (Å²) in [6.07, 6.45) is 10.4. The molecule has 154 valence electrons. The normalized spacial score (nSPS) is 16.3. The maximum absolute atomic E-state index is 13.2. The molecule has 4 aromatic rings. The Morgan fingerprint density at radius 2 is 1.87 bits per heavy atom. The number of tetrazole rings is 1. The van der Waals surface area contributed by atoms with Gasteiger partial charge in [-0.05, 0) is 65.2 Å². The maximum atomic E-state index is 13.2. The second-order valence-electron chi connectivity index (χ2n) is 7.45. The van der Waals surface area contributed by atoms with Crippen LogP contribution in [0.4, 0.5) is 0 Å². The molecule has 9 heteroatoms. The molecule has 1 aromatic carbocycles. The van der Waals surface area contributed by atoms with Gasteiger partial charge in [0.1, 0.15) is 12.7 Å². The van der Waals surface area contributed by atoms with Gasteiger partial charge in [0.15, 0.2) is 0 Å². The van der Waals surface area contributed by atoms with E-state index in [1.807, 2.05) is 47.5 Å². The standard InChI is InChI=1S/C22H20N8O/c31-22(17-3-5-19(6-4-17)30-15-26-27-28-30)29-11-1-2-18(13-29)21-20(12-24-14-25-21)16-7-9-23-10-8-16/h3-10,12,14-15,18H,1-2,11,13H2/t18-/m0/s1. The molecule has 1 aliphatic heterocycles. The summed E-state index contributed by atoms with van der Waals surface area (Å²) in [6.45, 7) is 1.36. The predicted octanol–water partition coefficient (Wildman–Crippen LogP) is 2.53. The van der Waals surface area contributed by atoms with Gasteiger partial charge < -0.3 is 4.90 Å². The fourth-order valence-corrected chi connectivity index (χ4v) is 4.02. The van der Waals surface area contributed by atoms with E-state index in [4.69, 9.17) is 0 Å². The number of benzene rings is 1. The highest BCUT2D eigenvalue weighted by Gasteiger charge is 2.28. The molecule has 1 aliphatic rings. The first-order valence-corrected chi connectivity index (χ1v) is 10.1. The number of hydrogen-bond donors (Lipinski definition) is 0. The van der Waals surface area contributed by atoms with Gasteiger partial charge in [-0.2, -0.15) is 0 Å². The van der Waals surface area contributed by atoms with Crippen LogP contribution in [0, 0.1) is 0 Å². The van der Waals surface area contributed by atoms with Crippen LogP contribution in [0.3, 0.4) is 0 Å². The third-order valence-corrected chi connectivity index (χ3v) is 5.56. The van der Waals surface area contributed by atoms with Crippen LogP contribution < -0.4 is 0 Å². The number of piperidine rings is 1. The minimum atomic E-state index is 0.0208. The minimum Gasteiger partial charge on any atom is -0.338 e. The van der Waals surface area contributed by atoms with Crippen molar-refractivity contribution < 1.29 is 4.79 Å². The lowest BCUT2D eigenvalue weighted by molar-refractivity contribution is 0.0706. The van der Waals surface area contributed by atoms with Gasteiger partial charge in [-0.25, -0.2) is 14.6 Å². The molecule has 31 heavy (non-hydrogen) atoms. The number of likely N-dealkylation sites (tertiary alicyclic amines) is 1. The lowest BCUT2D eigenvalue weighted by Gasteiger charge is -2.33. The largest absolute Gasteiger partial charge is 0.338 e. The highest BCUT2D eigenvalue weighted by atomic mass is 16.2. The van der Waals surface area contributed by atoms with Gasteiger partial charge in [0.2, 0.25) is 0 Å². The number of nitrogens with zero attached hydrogens (tertiary/aromatic N) is 8. The molecule has 5 rings (SSSR count). The van der Waals surface area contributed by atoms with Crippen molar-refractivity contribution in [2.45, 2.75) is 18.8 Å². The number of hydrogen-bond acceptors (Lipinski definition) is 7. The molecule has 1 amide bonds. The molecular formula is C22H20N8O. The molecule has 9 nitrogen and oxygen atoms in total. The van der Waals surface area contributed by atoms with Crippen LogP contribution in [0.25, 0.3) is 16.8 Å². The van der Waals surface area contributed by atoms with Crippen LogP contribution >= 0.6 is 0 Å². The number of amides is 1. The zero-order valence-electron chi connectivity index (χ0n) is 16.7. The summed E-state index contributed by atoms with van der Waals surface area (Å²) in [6, 6.07) is 11.2. The van der Waals surface area contributed by atoms with Crippen LogP contribution in [0.1, 0.15) is 34.8 Å². The first-order valence-electron chi connectivity index (χ1n) is 10.1. The van der Waals surface area contributed by atoms with Crippen molar-refractivity contribution >= 4 is 5.91 Å². The van der Waals surface area contributed by atoms with E-state index in [2.05, 4.69) is 30.5 Å². The van der Waals surface area contributed by atoms with Crippen molar-refractivity contribution in [1.29, 1.82) is 0 Å². The Balaban J connectivity index is 1.36. The summed E-state index contributed by atoms with van der Waals surface area (Å²) < 4.78 is 1.56. The molecule has 1 atom stereocenters. The van der Waals surface area contributed by atoms with Crippen LogP contribution in [0.5, 0.6) is 0 Å². The van der Waals surface area contributed by atoms with Crippen LogP contribution in [-0.2, 0) is 0 Å². The second-order valence-corrected chi connectivity index (χ2v) is 7.45. The van der Waals surface area contributed by atoms with Crippen molar-refractivity contribution in [2.75, 3.05) is 13.1 Å². The first kappa shape index (κ1) is 19.0. The van der Waals surface area contributed by atoms with E-state index in [0.717, 1.165) is 41.9 Å². The lowest BCUT2D eigenvalue weighted by Crippen LogP contribution is -2.39. The minimum absolute atomic E-state index is 0.0208. The average Bonchev–Trinajstić information content (AvgIpc) is 3.39. The molecule has 0 spiro atoms. The summed E-state index contributed by atoms with van der Waals surface area (Å²) in [5, 5.41) is 11.1. The van der Waals surface area contributed by atoms with E-state index >= 15 is 0 Å². The Morgan fingerprint density at radius 3 is 2.65 bits per heavy atom. The number of rotatable bonds is 4. The molecule has 1 fully saturated rings. The van der Waals surface area contributed by atoms with Gasteiger partial charge in [-0.1, -0.05) is 0 Å². The first-order chi connectivity index (χ1) is 15.3. The van der Waals surface area contributed by atoms with Gasteiger partial charge in [0, 0.05) is 48.7 Å². The van der Waals surface area contributed by atoms with Crippen molar-refractivity contribution in [2.24, 2.45) is 0 Å². The molecule has 0 unspecified atom stereocenters. The third-order valence-electron chi connectivity index (χ3n) is 5.56.